The van der Waals surface area contributed by atoms with E-state index >= 15 is 4.39 Å². The highest BCUT2D eigenvalue weighted by Gasteiger charge is 2.29. The second-order valence-corrected chi connectivity index (χ2v) is 12.8. The molecule has 0 amide bonds. The zero-order valence-corrected chi connectivity index (χ0v) is 22.9. The van der Waals surface area contributed by atoms with Gasteiger partial charge in [0.05, 0.1) is 21.7 Å². The summed E-state index contributed by atoms with van der Waals surface area (Å²) in [7, 11) is -8.31. The number of aryl methyl sites for hydroxylation is 1. The van der Waals surface area contributed by atoms with Crippen LogP contribution in [-0.2, 0) is 19.9 Å². The van der Waals surface area contributed by atoms with Gasteiger partial charge in [0.25, 0.3) is 15.7 Å². The Hall–Kier alpha value is -4.76. The monoisotopic (exact) mass is 599 g/mol. The van der Waals surface area contributed by atoms with Gasteiger partial charge in [0.1, 0.15) is 16.1 Å². The van der Waals surface area contributed by atoms with Gasteiger partial charge in [-0.25, -0.2) is 39.6 Å². The average Bonchev–Trinajstić information content (AvgIpc) is 3.31. The summed E-state index contributed by atoms with van der Waals surface area (Å²) in [5, 5.41) is 14.4. The van der Waals surface area contributed by atoms with Crippen molar-refractivity contribution in [3.63, 3.8) is 0 Å². The van der Waals surface area contributed by atoms with Gasteiger partial charge in [0.2, 0.25) is 5.95 Å². The molecule has 5 aromatic rings. The number of nitro groups is 1. The highest BCUT2D eigenvalue weighted by atomic mass is 32.2. The topological polar surface area (TPSA) is 154 Å². The molecule has 0 aliphatic carbocycles. The summed E-state index contributed by atoms with van der Waals surface area (Å²) in [6, 6.07) is 13.2. The summed E-state index contributed by atoms with van der Waals surface area (Å²) in [5.74, 6) is -2.46. The summed E-state index contributed by atoms with van der Waals surface area (Å²) in [6.07, 6.45) is 2.60. The Labute approximate surface area is 232 Å². The van der Waals surface area contributed by atoms with Gasteiger partial charge >= 0.3 is 0 Å². The maximum Gasteiger partial charge on any atom is 0.294 e. The maximum absolute atomic E-state index is 15.2. The minimum Gasteiger partial charge on any atom is -0.322 e. The molecule has 0 saturated carbocycles. The quantitative estimate of drug-likeness (QED) is 0.202. The number of nitro benzene ring substituents is 1. The van der Waals surface area contributed by atoms with Crippen molar-refractivity contribution < 1.29 is 30.5 Å². The fraction of sp³-hybridized carbons (Fsp3) is 0.0769. The highest BCUT2D eigenvalue weighted by molar-refractivity contribution is 7.90. The molecule has 0 fully saturated rings. The van der Waals surface area contributed by atoms with Gasteiger partial charge in [-0.1, -0.05) is 35.9 Å². The summed E-state index contributed by atoms with van der Waals surface area (Å²) in [5.41, 5.74) is -0.942. The van der Waals surface area contributed by atoms with Crippen LogP contribution in [0.4, 0.5) is 26.1 Å². The van der Waals surface area contributed by atoms with Crippen LogP contribution in [0.2, 0.25) is 0 Å². The molecule has 2 heterocycles. The molecule has 0 spiro atoms. The van der Waals surface area contributed by atoms with Crippen molar-refractivity contribution in [2.75, 3.05) is 11.6 Å². The minimum absolute atomic E-state index is 0.00342. The van der Waals surface area contributed by atoms with Gasteiger partial charge in [-0.05, 0) is 31.2 Å². The first-order chi connectivity index (χ1) is 19.3. The summed E-state index contributed by atoms with van der Waals surface area (Å²) < 4.78 is 81.8. The fourth-order valence-electron chi connectivity index (χ4n) is 4.21. The fourth-order valence-corrected chi connectivity index (χ4v) is 6.36. The lowest BCUT2D eigenvalue weighted by Gasteiger charge is -2.10. The molecule has 0 bridgehead atoms. The summed E-state index contributed by atoms with van der Waals surface area (Å²) >= 11 is 0. The third kappa shape index (κ3) is 5.00. The van der Waals surface area contributed by atoms with E-state index in [0.717, 1.165) is 36.3 Å². The number of nitrogens with one attached hydrogen (secondary N) is 1. The lowest BCUT2D eigenvalue weighted by molar-refractivity contribution is -0.383. The second-order valence-electron chi connectivity index (χ2n) is 8.99. The highest BCUT2D eigenvalue weighted by Crippen LogP contribution is 2.38. The zero-order chi connectivity index (χ0) is 29.7. The van der Waals surface area contributed by atoms with Crippen LogP contribution in [0.5, 0.6) is 0 Å². The van der Waals surface area contributed by atoms with Crippen LogP contribution in [0.1, 0.15) is 5.56 Å². The zero-order valence-electron chi connectivity index (χ0n) is 21.2. The van der Waals surface area contributed by atoms with Crippen LogP contribution in [0.15, 0.2) is 82.8 Å². The molecule has 1 N–H and O–H groups in total. The molecule has 15 heteroatoms. The van der Waals surface area contributed by atoms with Gasteiger partial charge in [-0.15, -0.1) is 0 Å². The van der Waals surface area contributed by atoms with E-state index in [1.165, 1.54) is 36.4 Å². The Morgan fingerprint density at radius 1 is 0.976 bits per heavy atom. The first kappa shape index (κ1) is 27.8. The van der Waals surface area contributed by atoms with Crippen molar-refractivity contribution in [2.45, 2.75) is 16.7 Å². The number of para-hydroxylation sites is 1. The number of hydrogen-bond donors (Lipinski definition) is 1. The molecule has 210 valence electrons. The van der Waals surface area contributed by atoms with Gasteiger partial charge in [-0.2, -0.15) is 0 Å². The number of aromatic nitrogens is 3. The van der Waals surface area contributed by atoms with Gasteiger partial charge in [0.15, 0.2) is 21.5 Å². The van der Waals surface area contributed by atoms with Gasteiger partial charge < -0.3 is 5.32 Å². The molecule has 0 aliphatic rings. The van der Waals surface area contributed by atoms with E-state index in [-0.39, 0.29) is 33.0 Å². The average molecular weight is 600 g/mol. The van der Waals surface area contributed by atoms with E-state index in [4.69, 9.17) is 0 Å². The Balaban J connectivity index is 1.71. The lowest BCUT2D eigenvalue weighted by atomic mass is 10.1. The molecule has 0 aliphatic heterocycles. The molecule has 41 heavy (non-hydrogen) atoms. The number of hydrogen-bond acceptors (Lipinski definition) is 9. The van der Waals surface area contributed by atoms with Gasteiger partial charge in [-0.3, -0.25) is 10.1 Å². The molecule has 5 rings (SSSR count). The van der Waals surface area contributed by atoms with Crippen LogP contribution in [0.3, 0.4) is 0 Å². The van der Waals surface area contributed by atoms with E-state index in [1.807, 2.05) is 0 Å². The minimum atomic E-state index is -4.40. The number of benzene rings is 3. The smallest absolute Gasteiger partial charge is 0.294 e. The van der Waals surface area contributed by atoms with E-state index in [2.05, 4.69) is 15.3 Å². The molecule has 0 atom stereocenters. The number of halogens is 2. The number of non-ortho nitro benzene ring substituents is 1. The Kier molecular flexibility index (Phi) is 6.79. The molecule has 2 aromatic heterocycles. The van der Waals surface area contributed by atoms with Crippen molar-refractivity contribution in [1.82, 2.24) is 13.9 Å². The van der Waals surface area contributed by atoms with Crippen molar-refractivity contribution >= 4 is 48.1 Å². The number of fused-ring (bicyclic) bond motifs is 1. The SMILES string of the molecule is Cc1ccc(S(=O)(=O)n2cc(-c3nc(Nc4cccc(S(C)(=O)=O)c4F)ncc3F)c3cccc([N+](=O)[O-])c32)cc1. The van der Waals surface area contributed by atoms with E-state index in [1.54, 1.807) is 19.1 Å². The number of sulfone groups is 1. The first-order valence-corrected chi connectivity index (χ1v) is 15.0. The van der Waals surface area contributed by atoms with Gasteiger partial charge in [0, 0.05) is 29.5 Å². The van der Waals surface area contributed by atoms with Crippen molar-refractivity contribution in [1.29, 1.82) is 0 Å². The largest absolute Gasteiger partial charge is 0.322 e. The molecular weight excluding hydrogens is 580 g/mol. The standard InChI is InChI=1S/C26H19F2N5O6S2/c1-15-9-11-16(12-10-15)41(38,39)32-14-18(17-5-3-7-21(25(17)32)33(34)35)24-19(27)13-29-26(31-24)30-20-6-4-8-22(23(20)28)40(2,36)37/h3-14H,1-2H3,(H,29,30,31). The molecule has 0 saturated heterocycles. The van der Waals surface area contributed by atoms with E-state index in [0.29, 0.717) is 3.97 Å². The number of nitrogens with zero attached hydrogens (tertiary/aromatic N) is 4. The second kappa shape index (κ2) is 10.0. The molecule has 11 nitrogen and oxygen atoms in total. The molecule has 0 radical (unpaired) electrons. The normalized spacial score (nSPS) is 12.0. The van der Waals surface area contributed by atoms with Crippen LogP contribution < -0.4 is 5.32 Å². The Morgan fingerprint density at radius 2 is 1.66 bits per heavy atom. The first-order valence-electron chi connectivity index (χ1n) is 11.7. The maximum atomic E-state index is 15.2. The number of anilines is 2. The molecular formula is C26H19F2N5O6S2. The van der Waals surface area contributed by atoms with Crippen LogP contribution in [-0.4, -0.2) is 42.0 Å². The van der Waals surface area contributed by atoms with Crippen LogP contribution >= 0.6 is 0 Å². The van der Waals surface area contributed by atoms with Crippen molar-refractivity contribution in [2.24, 2.45) is 0 Å². The Morgan fingerprint density at radius 3 is 2.32 bits per heavy atom. The van der Waals surface area contributed by atoms with Crippen molar-refractivity contribution in [3.8, 4) is 11.3 Å². The molecule has 0 unspecified atom stereocenters. The van der Waals surface area contributed by atoms with E-state index in [9.17, 15) is 31.3 Å². The lowest BCUT2D eigenvalue weighted by Crippen LogP contribution is -2.12. The molecule has 3 aromatic carbocycles. The van der Waals surface area contributed by atoms with Crippen molar-refractivity contribution in [3.05, 3.63) is 100 Å². The summed E-state index contributed by atoms with van der Waals surface area (Å²) in [6.45, 7) is 1.76. The van der Waals surface area contributed by atoms with E-state index < -0.39 is 52.7 Å². The Bertz CT molecular complexity index is 2080. The van der Waals surface area contributed by atoms with Crippen LogP contribution in [0.25, 0.3) is 22.2 Å². The predicted molar refractivity (Wildman–Crippen MR) is 146 cm³/mol. The number of rotatable bonds is 7. The summed E-state index contributed by atoms with van der Waals surface area (Å²) in [4.78, 5) is 18.3. The third-order valence-corrected chi connectivity index (χ3v) is 8.94. The predicted octanol–water partition coefficient (Wildman–Crippen LogP) is 4.98. The third-order valence-electron chi connectivity index (χ3n) is 6.15. The van der Waals surface area contributed by atoms with Crippen LogP contribution in [0, 0.1) is 28.7 Å².